The number of H-pyrrole nitrogens is 1. The van der Waals surface area contributed by atoms with Crippen molar-refractivity contribution in [1.29, 1.82) is 0 Å². The summed E-state index contributed by atoms with van der Waals surface area (Å²) in [7, 11) is 0. The fraction of sp³-hybridized carbons (Fsp3) is 0.524. The molecule has 0 bridgehead atoms. The van der Waals surface area contributed by atoms with Crippen LogP contribution in [0.15, 0.2) is 24.5 Å². The van der Waals surface area contributed by atoms with Gasteiger partial charge in [-0.1, -0.05) is 6.92 Å². The number of rotatable bonds is 3. The average Bonchev–Trinajstić information content (AvgIpc) is 3.17. The minimum Gasteiger partial charge on any atom is -0.330 e. The first-order valence-corrected chi connectivity index (χ1v) is 10.3. The highest BCUT2D eigenvalue weighted by atomic mass is 35.5. The van der Waals surface area contributed by atoms with E-state index < -0.39 is 0 Å². The van der Waals surface area contributed by atoms with Gasteiger partial charge in [-0.25, -0.2) is 9.97 Å². The molecule has 0 aromatic carbocycles. The smallest absolute Gasteiger partial charge is 0.183 e. The molecule has 4 heterocycles. The standard InChI is InChI=1S/C21H27N7.2ClH/c1-21(13-22)8-6-14(7-9-21)16-12-24-18-19(25-16)26-27-20(18)28-11-3-4-15-17(28)5-2-10-23-15;;/h2,5,10,12,14H,3-4,6-9,11,13,22H2,1H3,(H,25,26,27);2*1H/t14-,21+;;. The monoisotopic (exact) mass is 449 g/mol. The van der Waals surface area contributed by atoms with Crippen molar-refractivity contribution in [2.75, 3.05) is 18.0 Å². The third-order valence-corrected chi connectivity index (χ3v) is 6.58. The van der Waals surface area contributed by atoms with Crippen molar-refractivity contribution in [2.45, 2.75) is 51.4 Å². The predicted molar refractivity (Wildman–Crippen MR) is 124 cm³/mol. The number of pyridine rings is 1. The number of hydrogen-bond donors (Lipinski definition) is 2. The lowest BCUT2D eigenvalue weighted by Crippen LogP contribution is -2.31. The highest BCUT2D eigenvalue weighted by Crippen LogP contribution is 2.42. The van der Waals surface area contributed by atoms with Crippen molar-refractivity contribution in [3.63, 3.8) is 0 Å². The maximum absolute atomic E-state index is 5.95. The molecular formula is C21H29Cl2N7. The molecule has 5 rings (SSSR count). The number of aryl methyl sites for hydroxylation is 1. The molecule has 0 spiro atoms. The lowest BCUT2D eigenvalue weighted by Gasteiger charge is -2.36. The molecule has 9 heteroatoms. The van der Waals surface area contributed by atoms with Crippen molar-refractivity contribution >= 4 is 47.5 Å². The van der Waals surface area contributed by atoms with Crippen LogP contribution < -0.4 is 10.6 Å². The Morgan fingerprint density at radius 1 is 1.23 bits per heavy atom. The molecule has 3 aromatic heterocycles. The highest BCUT2D eigenvalue weighted by Gasteiger charge is 2.31. The third-order valence-electron chi connectivity index (χ3n) is 6.58. The van der Waals surface area contributed by atoms with Gasteiger partial charge in [-0.15, -0.1) is 24.8 Å². The first-order chi connectivity index (χ1) is 13.7. The van der Waals surface area contributed by atoms with Gasteiger partial charge in [-0.3, -0.25) is 10.1 Å². The Morgan fingerprint density at radius 3 is 2.80 bits per heavy atom. The van der Waals surface area contributed by atoms with Crippen molar-refractivity contribution in [1.82, 2.24) is 25.1 Å². The number of nitrogens with one attached hydrogen (secondary N) is 1. The van der Waals surface area contributed by atoms with Crippen LogP contribution in [0.25, 0.3) is 11.2 Å². The number of fused-ring (bicyclic) bond motifs is 2. The Balaban J connectivity index is 0.00000128. The molecule has 162 valence electrons. The largest absolute Gasteiger partial charge is 0.330 e. The SMILES string of the molecule is C[C@]1(CN)CC[C@@H](c2cnc3c(N4CCCc5ncccc54)n[nH]c3n2)CC1.Cl.Cl. The molecule has 1 saturated carbocycles. The van der Waals surface area contributed by atoms with Crippen LogP contribution in [0.1, 0.15) is 56.3 Å². The minimum absolute atomic E-state index is 0. The molecule has 0 amide bonds. The first kappa shape index (κ1) is 22.7. The van der Waals surface area contributed by atoms with Gasteiger partial charge in [-0.05, 0) is 62.6 Å². The Bertz CT molecular complexity index is 998. The van der Waals surface area contributed by atoms with Gasteiger partial charge in [0.1, 0.15) is 0 Å². The van der Waals surface area contributed by atoms with Crippen LogP contribution in [0, 0.1) is 5.41 Å². The van der Waals surface area contributed by atoms with E-state index in [2.05, 4.69) is 33.1 Å². The van der Waals surface area contributed by atoms with Crippen LogP contribution in [0.4, 0.5) is 11.5 Å². The van der Waals surface area contributed by atoms with E-state index in [1.807, 2.05) is 18.5 Å². The van der Waals surface area contributed by atoms with E-state index in [1.165, 1.54) is 0 Å². The number of aromatic nitrogens is 5. The van der Waals surface area contributed by atoms with Gasteiger partial charge in [0.15, 0.2) is 17.0 Å². The summed E-state index contributed by atoms with van der Waals surface area (Å²) in [4.78, 5) is 16.4. The van der Waals surface area contributed by atoms with Crippen LogP contribution in [0.2, 0.25) is 0 Å². The van der Waals surface area contributed by atoms with E-state index in [1.54, 1.807) is 0 Å². The van der Waals surface area contributed by atoms with Crippen molar-refractivity contribution < 1.29 is 0 Å². The van der Waals surface area contributed by atoms with Crippen molar-refractivity contribution in [3.05, 3.63) is 35.9 Å². The van der Waals surface area contributed by atoms with Crippen LogP contribution in [0.5, 0.6) is 0 Å². The predicted octanol–water partition coefficient (Wildman–Crippen LogP) is 4.30. The van der Waals surface area contributed by atoms with Gasteiger partial charge in [-0.2, -0.15) is 5.10 Å². The molecule has 0 unspecified atom stereocenters. The van der Waals surface area contributed by atoms with E-state index in [4.69, 9.17) is 15.7 Å². The summed E-state index contributed by atoms with van der Waals surface area (Å²) >= 11 is 0. The number of nitrogens with zero attached hydrogens (tertiary/aromatic N) is 5. The summed E-state index contributed by atoms with van der Waals surface area (Å²) < 4.78 is 0. The summed E-state index contributed by atoms with van der Waals surface area (Å²) in [6.45, 7) is 3.98. The molecule has 3 aromatic rings. The molecule has 1 aliphatic heterocycles. The molecule has 1 fully saturated rings. The Kier molecular flexibility index (Phi) is 6.84. The molecule has 2 aliphatic rings. The lowest BCUT2D eigenvalue weighted by molar-refractivity contribution is 0.206. The maximum atomic E-state index is 5.95. The van der Waals surface area contributed by atoms with Crippen molar-refractivity contribution in [2.24, 2.45) is 11.1 Å². The molecule has 1 aliphatic carbocycles. The number of halogens is 2. The fourth-order valence-electron chi connectivity index (χ4n) is 4.62. The summed E-state index contributed by atoms with van der Waals surface area (Å²) in [5.74, 6) is 1.31. The summed E-state index contributed by atoms with van der Waals surface area (Å²) in [6.07, 6.45) is 10.4. The Morgan fingerprint density at radius 2 is 2.03 bits per heavy atom. The van der Waals surface area contributed by atoms with Gasteiger partial charge >= 0.3 is 0 Å². The highest BCUT2D eigenvalue weighted by molar-refractivity contribution is 5.87. The van der Waals surface area contributed by atoms with E-state index in [0.717, 1.165) is 85.7 Å². The molecule has 7 nitrogen and oxygen atoms in total. The van der Waals surface area contributed by atoms with E-state index >= 15 is 0 Å². The van der Waals surface area contributed by atoms with Crippen molar-refractivity contribution in [3.8, 4) is 0 Å². The first-order valence-electron chi connectivity index (χ1n) is 10.3. The van der Waals surface area contributed by atoms with Gasteiger partial charge in [0.2, 0.25) is 0 Å². The van der Waals surface area contributed by atoms with E-state index in [9.17, 15) is 0 Å². The summed E-state index contributed by atoms with van der Waals surface area (Å²) in [5, 5.41) is 7.69. The second-order valence-electron chi connectivity index (χ2n) is 8.55. The topological polar surface area (TPSA) is 96.6 Å². The number of anilines is 2. The number of nitrogens with two attached hydrogens (primary N) is 1. The Hall–Kier alpha value is -1.96. The molecule has 0 atom stereocenters. The van der Waals surface area contributed by atoms with Crippen LogP contribution in [-0.2, 0) is 6.42 Å². The Labute approximate surface area is 189 Å². The molecule has 0 radical (unpaired) electrons. The van der Waals surface area contributed by atoms with E-state index in [0.29, 0.717) is 5.92 Å². The second kappa shape index (κ2) is 9.04. The lowest BCUT2D eigenvalue weighted by atomic mass is 9.71. The molecule has 3 N–H and O–H groups in total. The molecule has 0 saturated heterocycles. The van der Waals surface area contributed by atoms with Gasteiger partial charge in [0.05, 0.1) is 17.1 Å². The minimum atomic E-state index is 0. The zero-order chi connectivity index (χ0) is 19.1. The van der Waals surface area contributed by atoms with Gasteiger partial charge < -0.3 is 10.6 Å². The fourth-order valence-corrected chi connectivity index (χ4v) is 4.62. The van der Waals surface area contributed by atoms with Crippen LogP contribution in [-0.4, -0.2) is 38.2 Å². The number of aromatic amines is 1. The second-order valence-corrected chi connectivity index (χ2v) is 8.55. The molecule has 30 heavy (non-hydrogen) atoms. The van der Waals surface area contributed by atoms with Crippen LogP contribution >= 0.6 is 24.8 Å². The maximum Gasteiger partial charge on any atom is 0.183 e. The average molecular weight is 450 g/mol. The quantitative estimate of drug-likeness (QED) is 0.618. The van der Waals surface area contributed by atoms with E-state index in [-0.39, 0.29) is 30.2 Å². The normalized spacial score (nSPS) is 23.4. The third kappa shape index (κ3) is 3.98. The van der Waals surface area contributed by atoms with Gasteiger partial charge in [0, 0.05) is 24.9 Å². The zero-order valence-electron chi connectivity index (χ0n) is 17.2. The number of hydrogen-bond acceptors (Lipinski definition) is 6. The molecular weight excluding hydrogens is 421 g/mol. The van der Waals surface area contributed by atoms with Gasteiger partial charge in [0.25, 0.3) is 0 Å². The summed E-state index contributed by atoms with van der Waals surface area (Å²) in [6, 6.07) is 4.09. The zero-order valence-corrected chi connectivity index (χ0v) is 18.8. The summed E-state index contributed by atoms with van der Waals surface area (Å²) in [5.41, 5.74) is 11.2. The van der Waals surface area contributed by atoms with Crippen LogP contribution in [0.3, 0.4) is 0 Å².